The Balaban J connectivity index is 1.69. The minimum Gasteiger partial charge on any atom is -0.346 e. The number of rotatable bonds is 6. The maximum Gasteiger partial charge on any atom is 0.243 e. The molecule has 0 saturated carbocycles. The molecule has 2 N–H and O–H groups in total. The minimum absolute atomic E-state index is 0.00647. The maximum absolute atomic E-state index is 12.0. The van der Waals surface area contributed by atoms with Crippen LogP contribution in [0.25, 0.3) is 0 Å². The second-order valence-corrected chi connectivity index (χ2v) is 7.42. The zero-order valence-electron chi connectivity index (χ0n) is 15.1. The van der Waals surface area contributed by atoms with E-state index in [2.05, 4.69) is 26.6 Å². The zero-order chi connectivity index (χ0) is 19.1. The largest absolute Gasteiger partial charge is 0.346 e. The molecule has 1 aliphatic rings. The Bertz CT molecular complexity index is 658. The van der Waals surface area contributed by atoms with Gasteiger partial charge < -0.3 is 15.5 Å². The second-order valence-electron chi connectivity index (χ2n) is 6.56. The summed E-state index contributed by atoms with van der Waals surface area (Å²) in [5, 5.41) is 5.37. The summed E-state index contributed by atoms with van der Waals surface area (Å²) < 4.78 is 0.786. The van der Waals surface area contributed by atoms with Crippen molar-refractivity contribution in [3.63, 3.8) is 0 Å². The summed E-state index contributed by atoms with van der Waals surface area (Å²) in [6.45, 7) is 6.52. The predicted molar refractivity (Wildman–Crippen MR) is 104 cm³/mol. The maximum atomic E-state index is 12.0. The van der Waals surface area contributed by atoms with Crippen LogP contribution in [0.4, 0.5) is 5.69 Å². The van der Waals surface area contributed by atoms with Crippen molar-refractivity contribution in [2.24, 2.45) is 5.92 Å². The van der Waals surface area contributed by atoms with Gasteiger partial charge in [0, 0.05) is 36.6 Å². The molecule has 0 bridgehead atoms. The lowest BCUT2D eigenvalue weighted by Crippen LogP contribution is -2.52. The number of carbonyl (C=O) groups is 3. The van der Waals surface area contributed by atoms with Crippen LogP contribution in [0.2, 0.25) is 0 Å². The molecule has 1 saturated heterocycles. The van der Waals surface area contributed by atoms with Crippen LogP contribution in [-0.2, 0) is 14.4 Å². The van der Waals surface area contributed by atoms with E-state index >= 15 is 0 Å². The number of benzene rings is 1. The van der Waals surface area contributed by atoms with Gasteiger partial charge in [-0.1, -0.05) is 26.0 Å². The van der Waals surface area contributed by atoms with Crippen LogP contribution in [0.5, 0.6) is 0 Å². The number of halogens is 1. The first-order valence-electron chi connectivity index (χ1n) is 8.69. The van der Waals surface area contributed by atoms with Crippen molar-refractivity contribution in [1.82, 2.24) is 15.1 Å². The van der Waals surface area contributed by atoms with Gasteiger partial charge in [0.05, 0.1) is 18.8 Å². The first kappa shape index (κ1) is 20.4. The third kappa shape index (κ3) is 6.10. The number of nitrogens with zero attached hydrogens (tertiary/aromatic N) is 2. The number of amides is 3. The van der Waals surface area contributed by atoms with E-state index in [1.165, 1.54) is 0 Å². The summed E-state index contributed by atoms with van der Waals surface area (Å²) in [5.74, 6) is -0.334. The average Bonchev–Trinajstić information content (AvgIpc) is 2.62. The molecular weight excluding hydrogens is 400 g/mol. The summed E-state index contributed by atoms with van der Waals surface area (Å²) in [7, 11) is 0. The number of piperazine rings is 1. The van der Waals surface area contributed by atoms with E-state index in [4.69, 9.17) is 0 Å². The molecule has 1 aliphatic heterocycles. The van der Waals surface area contributed by atoms with Gasteiger partial charge in [0.2, 0.25) is 17.7 Å². The summed E-state index contributed by atoms with van der Waals surface area (Å²) >= 11 is 3.36. The Morgan fingerprint density at radius 1 is 1.08 bits per heavy atom. The number of hydrogen-bond donors (Lipinski definition) is 2. The monoisotopic (exact) mass is 424 g/mol. The standard InChI is InChI=1S/C18H25BrN4O3/c1-13(2)18(26)23-9-7-22(8-10-23)12-17(25)20-11-16(24)21-15-6-4-3-5-14(15)19/h3-6,13H,7-12H2,1-2H3,(H,20,25)(H,21,24). The predicted octanol–water partition coefficient (Wildman–Crippen LogP) is 1.30. The molecule has 1 heterocycles. The van der Waals surface area contributed by atoms with Crippen molar-refractivity contribution in [2.45, 2.75) is 13.8 Å². The number of carbonyl (C=O) groups excluding carboxylic acids is 3. The van der Waals surface area contributed by atoms with Crippen LogP contribution in [0, 0.1) is 5.92 Å². The average molecular weight is 425 g/mol. The highest BCUT2D eigenvalue weighted by Gasteiger charge is 2.23. The van der Waals surface area contributed by atoms with Crippen LogP contribution in [0.3, 0.4) is 0 Å². The van der Waals surface area contributed by atoms with Crippen molar-refractivity contribution >= 4 is 39.3 Å². The molecule has 1 aromatic carbocycles. The van der Waals surface area contributed by atoms with Gasteiger partial charge in [-0.05, 0) is 28.1 Å². The number of anilines is 1. The van der Waals surface area contributed by atoms with E-state index in [-0.39, 0.29) is 36.7 Å². The molecule has 2 rings (SSSR count). The van der Waals surface area contributed by atoms with Gasteiger partial charge in [0.15, 0.2) is 0 Å². The van der Waals surface area contributed by atoms with E-state index in [0.717, 1.165) is 4.47 Å². The van der Waals surface area contributed by atoms with Crippen molar-refractivity contribution in [2.75, 3.05) is 44.6 Å². The Morgan fingerprint density at radius 2 is 1.73 bits per heavy atom. The molecule has 0 radical (unpaired) electrons. The van der Waals surface area contributed by atoms with Gasteiger partial charge in [-0.25, -0.2) is 0 Å². The van der Waals surface area contributed by atoms with Gasteiger partial charge in [-0.3, -0.25) is 19.3 Å². The van der Waals surface area contributed by atoms with Crippen molar-refractivity contribution in [3.8, 4) is 0 Å². The van der Waals surface area contributed by atoms with Crippen LogP contribution in [0.15, 0.2) is 28.7 Å². The molecule has 0 aromatic heterocycles. The van der Waals surface area contributed by atoms with Crippen LogP contribution in [0.1, 0.15) is 13.8 Å². The quantitative estimate of drug-likeness (QED) is 0.720. The molecule has 7 nitrogen and oxygen atoms in total. The molecule has 1 aromatic rings. The van der Waals surface area contributed by atoms with Gasteiger partial charge in [-0.15, -0.1) is 0 Å². The molecule has 1 fully saturated rings. The lowest BCUT2D eigenvalue weighted by Gasteiger charge is -2.35. The molecular formula is C18H25BrN4O3. The van der Waals surface area contributed by atoms with Crippen LogP contribution in [-0.4, -0.2) is 66.8 Å². The molecule has 0 unspecified atom stereocenters. The highest BCUT2D eigenvalue weighted by molar-refractivity contribution is 9.10. The lowest BCUT2D eigenvalue weighted by molar-refractivity contribution is -0.136. The number of hydrogen-bond acceptors (Lipinski definition) is 4. The molecule has 0 spiro atoms. The molecule has 142 valence electrons. The fraction of sp³-hybridized carbons (Fsp3) is 0.500. The summed E-state index contributed by atoms with van der Waals surface area (Å²) in [6, 6.07) is 7.29. The van der Waals surface area contributed by atoms with E-state index < -0.39 is 0 Å². The highest BCUT2D eigenvalue weighted by atomic mass is 79.9. The molecule has 3 amide bonds. The fourth-order valence-electron chi connectivity index (χ4n) is 2.69. The first-order chi connectivity index (χ1) is 12.4. The SMILES string of the molecule is CC(C)C(=O)N1CCN(CC(=O)NCC(=O)Nc2ccccc2Br)CC1. The minimum atomic E-state index is -0.280. The van der Waals surface area contributed by atoms with Gasteiger partial charge >= 0.3 is 0 Å². The highest BCUT2D eigenvalue weighted by Crippen LogP contribution is 2.20. The van der Waals surface area contributed by atoms with Crippen LogP contribution < -0.4 is 10.6 Å². The third-order valence-corrected chi connectivity index (χ3v) is 4.83. The third-order valence-electron chi connectivity index (χ3n) is 4.14. The van der Waals surface area contributed by atoms with Gasteiger partial charge in [0.1, 0.15) is 0 Å². The molecule has 8 heteroatoms. The van der Waals surface area contributed by atoms with Crippen molar-refractivity contribution in [3.05, 3.63) is 28.7 Å². The van der Waals surface area contributed by atoms with Gasteiger partial charge in [-0.2, -0.15) is 0 Å². The summed E-state index contributed by atoms with van der Waals surface area (Å²) in [6.07, 6.45) is 0. The van der Waals surface area contributed by atoms with Crippen LogP contribution >= 0.6 is 15.9 Å². The lowest BCUT2D eigenvalue weighted by atomic mass is 10.1. The smallest absolute Gasteiger partial charge is 0.243 e. The Hall–Kier alpha value is -1.93. The van der Waals surface area contributed by atoms with Crippen molar-refractivity contribution < 1.29 is 14.4 Å². The number of para-hydroxylation sites is 1. The normalized spacial score (nSPS) is 15.0. The molecule has 26 heavy (non-hydrogen) atoms. The first-order valence-corrected chi connectivity index (χ1v) is 9.48. The summed E-state index contributed by atoms with van der Waals surface area (Å²) in [5.41, 5.74) is 0.665. The summed E-state index contributed by atoms with van der Waals surface area (Å²) in [4.78, 5) is 39.8. The van der Waals surface area contributed by atoms with E-state index in [1.807, 2.05) is 41.8 Å². The van der Waals surface area contributed by atoms with E-state index in [0.29, 0.717) is 31.9 Å². The van der Waals surface area contributed by atoms with Crippen molar-refractivity contribution in [1.29, 1.82) is 0 Å². The molecule has 0 atom stereocenters. The zero-order valence-corrected chi connectivity index (χ0v) is 16.7. The second kappa shape index (κ2) is 9.68. The fourth-order valence-corrected chi connectivity index (χ4v) is 3.07. The Labute approximate surface area is 162 Å². The molecule has 0 aliphatic carbocycles. The number of nitrogens with one attached hydrogen (secondary N) is 2. The van der Waals surface area contributed by atoms with E-state index in [1.54, 1.807) is 6.07 Å². The van der Waals surface area contributed by atoms with Gasteiger partial charge in [0.25, 0.3) is 0 Å². The van der Waals surface area contributed by atoms with E-state index in [9.17, 15) is 14.4 Å². The topological polar surface area (TPSA) is 81.8 Å². The Kier molecular flexibility index (Phi) is 7.59. The Morgan fingerprint density at radius 3 is 2.35 bits per heavy atom.